The molecule has 0 spiro atoms. The van der Waals surface area contributed by atoms with Crippen LogP contribution in [0.15, 0.2) is 72.8 Å². The van der Waals surface area contributed by atoms with Gasteiger partial charge in [-0.3, -0.25) is 0 Å². The first-order valence-corrected chi connectivity index (χ1v) is 19.0. The molecule has 0 heterocycles. The van der Waals surface area contributed by atoms with Gasteiger partial charge in [0.1, 0.15) is 0 Å². The first kappa shape index (κ1) is 15.7. The quantitative estimate of drug-likeness (QED) is 0.545. The molecule has 0 aliphatic heterocycles. The summed E-state index contributed by atoms with van der Waals surface area (Å²) in [5, 5.41) is 0. The molecule has 2 aromatic rings. The molecule has 2 aromatic carbocycles. The Morgan fingerprint density at radius 1 is 0.700 bits per heavy atom. The van der Waals surface area contributed by atoms with Crippen LogP contribution in [0.25, 0.3) is 12.2 Å². The fourth-order valence-electron chi connectivity index (χ4n) is 1.93. The zero-order valence-corrected chi connectivity index (χ0v) is 16.3. The van der Waals surface area contributed by atoms with Crippen LogP contribution in [-0.2, 0) is 0 Å². The monoisotopic (exact) mass is 428 g/mol. The molecule has 0 amide bonds. The molecule has 0 N–H and O–H groups in total. The van der Waals surface area contributed by atoms with Gasteiger partial charge in [0.05, 0.1) is 0 Å². The summed E-state index contributed by atoms with van der Waals surface area (Å²) >= 11 is 2.40. The van der Waals surface area contributed by atoms with Gasteiger partial charge in [-0.05, 0) is 0 Å². The second kappa shape index (κ2) is 9.25. The van der Waals surface area contributed by atoms with Gasteiger partial charge in [0.25, 0.3) is 0 Å². The Morgan fingerprint density at radius 3 is 1.50 bits per heavy atom. The van der Waals surface area contributed by atoms with E-state index in [-0.39, 0.29) is 0 Å². The van der Waals surface area contributed by atoms with E-state index in [0.29, 0.717) is 0 Å². The Labute approximate surface area is 135 Å². The minimum absolute atomic E-state index is 1.25. The van der Waals surface area contributed by atoms with Crippen molar-refractivity contribution in [3.63, 3.8) is 0 Å². The van der Waals surface area contributed by atoms with Gasteiger partial charge in [0.15, 0.2) is 0 Å². The summed E-state index contributed by atoms with van der Waals surface area (Å²) in [6.45, 7) is 0. The van der Waals surface area contributed by atoms with Crippen molar-refractivity contribution >= 4 is 43.6 Å². The molecular formula is C18H18BrIn. The standard InChI is InChI=1S/2C9H9.BrH.In/c2*1-2-6-9-7-4-3-5-8-9;;/h2*2-8H,1H2;1H;/q;;;+1/p-1/b2*6-2+;;. The zero-order valence-electron chi connectivity index (χ0n) is 11.5. The molecule has 0 saturated heterocycles. The normalized spacial score (nSPS) is 11.2. The Hall–Kier alpha value is -0.730. The molecule has 2 heteroatoms. The van der Waals surface area contributed by atoms with E-state index in [1.807, 2.05) is 0 Å². The van der Waals surface area contributed by atoms with Crippen molar-refractivity contribution in [2.45, 2.75) is 8.35 Å². The van der Waals surface area contributed by atoms with Crippen LogP contribution in [0.5, 0.6) is 0 Å². The van der Waals surface area contributed by atoms with Crippen molar-refractivity contribution in [1.82, 2.24) is 0 Å². The molecule has 0 unspecified atom stereocenters. The van der Waals surface area contributed by atoms with Crippen LogP contribution >= 0.6 is 12.3 Å². The molecule has 0 nitrogen and oxygen atoms in total. The van der Waals surface area contributed by atoms with Crippen LogP contribution in [0.1, 0.15) is 11.1 Å². The van der Waals surface area contributed by atoms with E-state index >= 15 is 0 Å². The summed E-state index contributed by atoms with van der Waals surface area (Å²) in [5.74, 6) is 0. The molecule has 0 fully saturated rings. The van der Waals surface area contributed by atoms with E-state index in [1.165, 1.54) is 19.5 Å². The van der Waals surface area contributed by atoms with Gasteiger partial charge >= 0.3 is 136 Å². The third kappa shape index (κ3) is 6.15. The molecule has 0 radical (unpaired) electrons. The maximum absolute atomic E-state index is 3.93. The van der Waals surface area contributed by atoms with Gasteiger partial charge in [-0.2, -0.15) is 0 Å². The molecule has 0 bridgehead atoms. The van der Waals surface area contributed by atoms with Gasteiger partial charge in [0, 0.05) is 0 Å². The molecule has 2 rings (SSSR count). The average Bonchev–Trinajstić information content (AvgIpc) is 2.49. The Kier molecular flexibility index (Phi) is 7.24. The van der Waals surface area contributed by atoms with Gasteiger partial charge in [-0.25, -0.2) is 0 Å². The van der Waals surface area contributed by atoms with Crippen molar-refractivity contribution in [2.24, 2.45) is 0 Å². The van der Waals surface area contributed by atoms with Gasteiger partial charge in [0.2, 0.25) is 0 Å². The van der Waals surface area contributed by atoms with Crippen molar-refractivity contribution in [2.75, 3.05) is 0 Å². The summed E-state index contributed by atoms with van der Waals surface area (Å²) in [6, 6.07) is 21.0. The zero-order chi connectivity index (χ0) is 14.0. The molecule has 0 saturated carbocycles. The molecule has 0 aliphatic rings. The summed E-state index contributed by atoms with van der Waals surface area (Å²) in [7, 11) is 0. The number of halogens is 1. The summed E-state index contributed by atoms with van der Waals surface area (Å²) in [6.07, 6.45) is 9.10. The van der Waals surface area contributed by atoms with Crippen molar-refractivity contribution in [1.29, 1.82) is 0 Å². The van der Waals surface area contributed by atoms with Crippen LogP contribution in [0.3, 0.4) is 0 Å². The van der Waals surface area contributed by atoms with Crippen molar-refractivity contribution < 1.29 is 0 Å². The minimum atomic E-state index is -1.53. The fraction of sp³-hybridized carbons (Fsp3) is 0.111. The molecule has 20 heavy (non-hydrogen) atoms. The van der Waals surface area contributed by atoms with Gasteiger partial charge in [-0.1, -0.05) is 0 Å². The van der Waals surface area contributed by atoms with Crippen LogP contribution in [-0.4, -0.2) is 19.1 Å². The molecule has 0 aliphatic carbocycles. The van der Waals surface area contributed by atoms with Crippen LogP contribution in [0.2, 0.25) is 8.35 Å². The van der Waals surface area contributed by atoms with Crippen LogP contribution < -0.4 is 0 Å². The predicted octanol–water partition coefficient (Wildman–Crippen LogP) is 5.80. The Balaban J connectivity index is 1.74. The number of hydrogen-bond donors (Lipinski definition) is 0. The van der Waals surface area contributed by atoms with E-state index in [0.717, 1.165) is 0 Å². The topological polar surface area (TPSA) is 0 Å². The molecule has 0 atom stereocenters. The second-order valence-corrected chi connectivity index (χ2v) is 19.5. The Bertz CT molecular complexity index is 495. The maximum atomic E-state index is 3.93. The van der Waals surface area contributed by atoms with E-state index in [9.17, 15) is 0 Å². The predicted molar refractivity (Wildman–Crippen MR) is 95.2 cm³/mol. The van der Waals surface area contributed by atoms with E-state index in [4.69, 9.17) is 0 Å². The fourth-order valence-corrected chi connectivity index (χ4v) is 7.84. The summed E-state index contributed by atoms with van der Waals surface area (Å²) < 4.78 is 2.49. The number of rotatable bonds is 6. The van der Waals surface area contributed by atoms with Crippen LogP contribution in [0.4, 0.5) is 0 Å². The van der Waals surface area contributed by atoms with E-state index in [1.54, 1.807) is 0 Å². The van der Waals surface area contributed by atoms with E-state index in [2.05, 4.69) is 97.3 Å². The van der Waals surface area contributed by atoms with Crippen LogP contribution in [0, 0.1) is 0 Å². The van der Waals surface area contributed by atoms with Crippen molar-refractivity contribution in [3.05, 3.63) is 83.9 Å². The second-order valence-electron chi connectivity index (χ2n) is 4.69. The van der Waals surface area contributed by atoms with E-state index < -0.39 is 19.1 Å². The SMILES string of the molecule is [Br][In]([CH2]/C=C/c1ccccc1)[CH2]/C=C/c1ccccc1. The third-order valence-corrected chi connectivity index (χ3v) is 12.5. The third-order valence-electron chi connectivity index (χ3n) is 3.00. The van der Waals surface area contributed by atoms with Gasteiger partial charge < -0.3 is 0 Å². The molecular weight excluding hydrogens is 411 g/mol. The average molecular weight is 429 g/mol. The molecule has 100 valence electrons. The summed E-state index contributed by atoms with van der Waals surface area (Å²) in [5.41, 5.74) is 2.58. The number of hydrogen-bond acceptors (Lipinski definition) is 0. The number of benzene rings is 2. The summed E-state index contributed by atoms with van der Waals surface area (Å²) in [4.78, 5) is 0. The molecule has 0 aromatic heterocycles. The van der Waals surface area contributed by atoms with Crippen molar-refractivity contribution in [3.8, 4) is 0 Å². The Morgan fingerprint density at radius 2 is 1.10 bits per heavy atom. The first-order valence-electron chi connectivity index (χ1n) is 6.92. The van der Waals surface area contributed by atoms with Gasteiger partial charge in [-0.15, -0.1) is 0 Å². The number of allylic oxidation sites excluding steroid dienone is 2. The first-order chi connectivity index (χ1) is 9.84.